The van der Waals surface area contributed by atoms with Crippen molar-refractivity contribution in [1.82, 2.24) is 24.0 Å². The number of nitrogens with one attached hydrogen (secondary N) is 1. The summed E-state index contributed by atoms with van der Waals surface area (Å²) in [6, 6.07) is 13.0. The summed E-state index contributed by atoms with van der Waals surface area (Å²) < 4.78 is 8.30. The van der Waals surface area contributed by atoms with Crippen LogP contribution in [0.2, 0.25) is 0 Å². The second-order valence-corrected chi connectivity index (χ2v) is 5.97. The number of amides is 1. The van der Waals surface area contributed by atoms with Gasteiger partial charge in [-0.2, -0.15) is 8.75 Å². The lowest BCUT2D eigenvalue weighted by Crippen LogP contribution is -2.22. The van der Waals surface area contributed by atoms with Crippen molar-refractivity contribution in [3.63, 3.8) is 0 Å². The maximum absolute atomic E-state index is 12.4. The van der Waals surface area contributed by atoms with Gasteiger partial charge in [0, 0.05) is 36.3 Å². The SMILES string of the molecule is O=C(NCc1ccnc(-c2cccnc2)c1)c1ccc2nsnc2c1. The van der Waals surface area contributed by atoms with Crippen LogP contribution in [0.4, 0.5) is 0 Å². The standard InChI is InChI=1S/C18H13N5OS/c24-18(13-3-4-15-17(9-13)23-25-22-15)21-10-12-5-7-20-16(8-12)14-2-1-6-19-11-14/h1-9,11H,10H2,(H,21,24). The van der Waals surface area contributed by atoms with Gasteiger partial charge in [0.2, 0.25) is 0 Å². The molecule has 0 saturated carbocycles. The van der Waals surface area contributed by atoms with Gasteiger partial charge in [-0.3, -0.25) is 14.8 Å². The van der Waals surface area contributed by atoms with Crippen LogP contribution in [-0.4, -0.2) is 24.6 Å². The zero-order valence-corrected chi connectivity index (χ0v) is 13.9. The molecule has 0 radical (unpaired) electrons. The number of carbonyl (C=O) groups excluding carboxylic acids is 1. The van der Waals surface area contributed by atoms with Crippen LogP contribution in [0, 0.1) is 0 Å². The van der Waals surface area contributed by atoms with Crippen LogP contribution in [0.5, 0.6) is 0 Å². The molecule has 4 rings (SSSR count). The fraction of sp³-hybridized carbons (Fsp3) is 0.0556. The van der Waals surface area contributed by atoms with E-state index in [1.807, 2.05) is 24.3 Å². The maximum atomic E-state index is 12.4. The molecule has 0 spiro atoms. The van der Waals surface area contributed by atoms with E-state index in [4.69, 9.17) is 0 Å². The molecule has 0 atom stereocenters. The Morgan fingerprint density at radius 2 is 1.96 bits per heavy atom. The molecule has 1 N–H and O–H groups in total. The molecule has 0 bridgehead atoms. The first-order chi connectivity index (χ1) is 12.3. The van der Waals surface area contributed by atoms with Crippen molar-refractivity contribution in [2.45, 2.75) is 6.54 Å². The van der Waals surface area contributed by atoms with E-state index in [0.717, 1.165) is 39.6 Å². The molecule has 0 aliphatic rings. The lowest BCUT2D eigenvalue weighted by Gasteiger charge is -2.07. The Bertz CT molecular complexity index is 1030. The predicted molar refractivity (Wildman–Crippen MR) is 96.1 cm³/mol. The molecule has 0 unspecified atom stereocenters. The van der Waals surface area contributed by atoms with E-state index in [1.165, 1.54) is 0 Å². The first kappa shape index (κ1) is 15.3. The van der Waals surface area contributed by atoms with Gasteiger partial charge < -0.3 is 5.32 Å². The van der Waals surface area contributed by atoms with Crippen LogP contribution in [0.1, 0.15) is 15.9 Å². The lowest BCUT2D eigenvalue weighted by molar-refractivity contribution is 0.0951. The average Bonchev–Trinajstić information content (AvgIpc) is 3.15. The molecule has 25 heavy (non-hydrogen) atoms. The fourth-order valence-electron chi connectivity index (χ4n) is 2.46. The van der Waals surface area contributed by atoms with E-state index in [-0.39, 0.29) is 5.91 Å². The first-order valence-corrected chi connectivity index (χ1v) is 8.38. The summed E-state index contributed by atoms with van der Waals surface area (Å²) in [4.78, 5) is 20.8. The molecule has 6 nitrogen and oxygen atoms in total. The van der Waals surface area contributed by atoms with Gasteiger partial charge in [-0.25, -0.2) is 0 Å². The van der Waals surface area contributed by atoms with Gasteiger partial charge in [-0.05, 0) is 48.0 Å². The van der Waals surface area contributed by atoms with Crippen LogP contribution >= 0.6 is 11.7 Å². The zero-order valence-electron chi connectivity index (χ0n) is 13.1. The largest absolute Gasteiger partial charge is 0.348 e. The van der Waals surface area contributed by atoms with Gasteiger partial charge in [0.05, 0.1) is 17.4 Å². The Kier molecular flexibility index (Phi) is 4.14. The number of pyridine rings is 2. The second-order valence-electron chi connectivity index (χ2n) is 5.44. The van der Waals surface area contributed by atoms with Gasteiger partial charge in [-0.15, -0.1) is 0 Å². The van der Waals surface area contributed by atoms with Crippen LogP contribution in [0.3, 0.4) is 0 Å². The smallest absolute Gasteiger partial charge is 0.251 e. The molecule has 0 aliphatic carbocycles. The highest BCUT2D eigenvalue weighted by Crippen LogP contribution is 2.17. The average molecular weight is 347 g/mol. The van der Waals surface area contributed by atoms with Crippen molar-refractivity contribution < 1.29 is 4.79 Å². The van der Waals surface area contributed by atoms with Gasteiger partial charge in [0.1, 0.15) is 11.0 Å². The minimum absolute atomic E-state index is 0.144. The number of rotatable bonds is 4. The maximum Gasteiger partial charge on any atom is 0.251 e. The summed E-state index contributed by atoms with van der Waals surface area (Å²) in [6.45, 7) is 0.419. The molecule has 0 saturated heterocycles. The third-order valence-corrected chi connectivity index (χ3v) is 4.31. The second kappa shape index (κ2) is 6.74. The summed E-state index contributed by atoms with van der Waals surface area (Å²) in [6.07, 6.45) is 5.22. The molecule has 7 heteroatoms. The van der Waals surface area contributed by atoms with Crippen LogP contribution in [0.25, 0.3) is 22.3 Å². The zero-order chi connectivity index (χ0) is 17.1. The fourth-order valence-corrected chi connectivity index (χ4v) is 2.98. The van der Waals surface area contributed by atoms with E-state index < -0.39 is 0 Å². The Morgan fingerprint density at radius 3 is 2.84 bits per heavy atom. The number of hydrogen-bond acceptors (Lipinski definition) is 6. The Balaban J connectivity index is 1.48. The van der Waals surface area contributed by atoms with Crippen molar-refractivity contribution in [3.8, 4) is 11.3 Å². The summed E-state index contributed by atoms with van der Waals surface area (Å²) in [7, 11) is 0. The molecule has 1 aromatic carbocycles. The highest BCUT2D eigenvalue weighted by atomic mass is 32.1. The number of hydrogen-bond donors (Lipinski definition) is 1. The number of carbonyl (C=O) groups is 1. The minimum atomic E-state index is -0.144. The summed E-state index contributed by atoms with van der Waals surface area (Å²) in [5.74, 6) is -0.144. The Morgan fingerprint density at radius 1 is 1.04 bits per heavy atom. The van der Waals surface area contributed by atoms with E-state index in [2.05, 4.69) is 24.0 Å². The molecular formula is C18H13N5OS. The summed E-state index contributed by atoms with van der Waals surface area (Å²) in [5, 5.41) is 2.92. The monoisotopic (exact) mass is 347 g/mol. The van der Waals surface area contributed by atoms with E-state index in [0.29, 0.717) is 12.1 Å². The van der Waals surface area contributed by atoms with Crippen molar-refractivity contribution in [2.75, 3.05) is 0 Å². The molecule has 122 valence electrons. The van der Waals surface area contributed by atoms with E-state index in [1.54, 1.807) is 36.8 Å². The van der Waals surface area contributed by atoms with Crippen LogP contribution in [0.15, 0.2) is 61.1 Å². The molecule has 3 heterocycles. The molecular weight excluding hydrogens is 334 g/mol. The van der Waals surface area contributed by atoms with Crippen LogP contribution in [-0.2, 0) is 6.54 Å². The van der Waals surface area contributed by atoms with Gasteiger partial charge in [-0.1, -0.05) is 0 Å². The van der Waals surface area contributed by atoms with Gasteiger partial charge in [0.25, 0.3) is 5.91 Å². The normalized spacial score (nSPS) is 10.7. The van der Waals surface area contributed by atoms with E-state index in [9.17, 15) is 4.79 Å². The molecule has 4 aromatic rings. The van der Waals surface area contributed by atoms with Crippen LogP contribution < -0.4 is 5.32 Å². The highest BCUT2D eigenvalue weighted by molar-refractivity contribution is 7.00. The Labute approximate surface area is 147 Å². The number of fused-ring (bicyclic) bond motifs is 1. The summed E-state index contributed by atoms with van der Waals surface area (Å²) in [5.41, 5.74) is 4.85. The third-order valence-electron chi connectivity index (χ3n) is 3.75. The minimum Gasteiger partial charge on any atom is -0.348 e. The molecule has 0 aliphatic heterocycles. The van der Waals surface area contributed by atoms with Crippen molar-refractivity contribution in [2.24, 2.45) is 0 Å². The first-order valence-electron chi connectivity index (χ1n) is 7.65. The summed E-state index contributed by atoms with van der Waals surface area (Å²) >= 11 is 1.14. The van der Waals surface area contributed by atoms with Crippen molar-refractivity contribution in [1.29, 1.82) is 0 Å². The van der Waals surface area contributed by atoms with Crippen molar-refractivity contribution >= 4 is 28.7 Å². The van der Waals surface area contributed by atoms with Gasteiger partial charge >= 0.3 is 0 Å². The molecule has 3 aromatic heterocycles. The molecule has 1 amide bonds. The number of nitrogens with zero attached hydrogens (tertiary/aromatic N) is 4. The number of benzene rings is 1. The topological polar surface area (TPSA) is 80.7 Å². The Hall–Kier alpha value is -3.19. The highest BCUT2D eigenvalue weighted by Gasteiger charge is 2.08. The van der Waals surface area contributed by atoms with E-state index >= 15 is 0 Å². The predicted octanol–water partition coefficient (Wildman–Crippen LogP) is 3.08. The lowest BCUT2D eigenvalue weighted by atomic mass is 10.1. The quantitative estimate of drug-likeness (QED) is 0.613. The van der Waals surface area contributed by atoms with Gasteiger partial charge in [0.15, 0.2) is 0 Å². The third kappa shape index (κ3) is 3.36. The molecule has 0 fully saturated rings. The van der Waals surface area contributed by atoms with Crippen molar-refractivity contribution in [3.05, 3.63) is 72.2 Å². The number of aromatic nitrogens is 4.